The molecule has 2 N–H and O–H groups in total. The number of aliphatic hydroxyl groups is 1. The zero-order valence-electron chi connectivity index (χ0n) is 8.98. The zero-order chi connectivity index (χ0) is 10.7. The van der Waals surface area contributed by atoms with Gasteiger partial charge in [0.15, 0.2) is 0 Å². The average Bonchev–Trinajstić information content (AvgIpc) is 2.31. The molecule has 0 aliphatic heterocycles. The van der Waals surface area contributed by atoms with E-state index in [1.54, 1.807) is 18.6 Å². The molecule has 0 bridgehead atoms. The smallest absolute Gasteiger partial charge is 0.108 e. The highest BCUT2D eigenvalue weighted by Crippen LogP contribution is 2.35. The van der Waals surface area contributed by atoms with Crippen LogP contribution in [0.4, 0.5) is 0 Å². The largest absolute Gasteiger partial charge is 0.383 e. The molecule has 1 aromatic heterocycles. The minimum atomic E-state index is -0.762. The monoisotopic (exact) mass is 207 g/mol. The van der Waals surface area contributed by atoms with Crippen molar-refractivity contribution in [3.8, 4) is 0 Å². The maximum absolute atomic E-state index is 10.4. The van der Waals surface area contributed by atoms with Gasteiger partial charge in [0, 0.05) is 18.4 Å². The molecule has 0 aromatic carbocycles. The minimum Gasteiger partial charge on any atom is -0.383 e. The van der Waals surface area contributed by atoms with Gasteiger partial charge >= 0.3 is 0 Å². The number of nitrogens with one attached hydrogen (secondary N) is 1. The standard InChI is InChI=1S/C11H17N3O/c1-12-9-2-4-11(15,5-3-9)10-8-13-6-7-14-10/h6-9,12,15H,2-5H2,1H3. The second-order valence-electron chi connectivity index (χ2n) is 4.19. The highest BCUT2D eigenvalue weighted by atomic mass is 16.3. The van der Waals surface area contributed by atoms with Gasteiger partial charge in [0.25, 0.3) is 0 Å². The van der Waals surface area contributed by atoms with Crippen LogP contribution in [0, 0.1) is 0 Å². The van der Waals surface area contributed by atoms with Gasteiger partial charge in [0.2, 0.25) is 0 Å². The Morgan fingerprint density at radius 3 is 2.67 bits per heavy atom. The van der Waals surface area contributed by atoms with Crippen molar-refractivity contribution in [1.29, 1.82) is 0 Å². The van der Waals surface area contributed by atoms with E-state index < -0.39 is 5.60 Å². The van der Waals surface area contributed by atoms with E-state index in [4.69, 9.17) is 0 Å². The highest BCUT2D eigenvalue weighted by Gasteiger charge is 2.35. The normalized spacial score (nSPS) is 31.5. The van der Waals surface area contributed by atoms with Crippen LogP contribution >= 0.6 is 0 Å². The number of hydrogen-bond donors (Lipinski definition) is 2. The Labute approximate surface area is 89.8 Å². The maximum Gasteiger partial charge on any atom is 0.108 e. The molecule has 1 fully saturated rings. The molecule has 1 saturated carbocycles. The van der Waals surface area contributed by atoms with Gasteiger partial charge in [-0.2, -0.15) is 0 Å². The molecule has 0 saturated heterocycles. The summed E-state index contributed by atoms with van der Waals surface area (Å²) in [5.41, 5.74) is -0.0544. The van der Waals surface area contributed by atoms with E-state index in [9.17, 15) is 5.11 Å². The molecule has 0 atom stereocenters. The van der Waals surface area contributed by atoms with Gasteiger partial charge < -0.3 is 10.4 Å². The number of aromatic nitrogens is 2. The maximum atomic E-state index is 10.4. The van der Waals surface area contributed by atoms with Crippen molar-refractivity contribution in [3.63, 3.8) is 0 Å². The Balaban J connectivity index is 2.10. The second-order valence-corrected chi connectivity index (χ2v) is 4.19. The van der Waals surface area contributed by atoms with Crippen molar-refractivity contribution in [2.75, 3.05) is 7.05 Å². The molecule has 0 amide bonds. The molecule has 1 aromatic rings. The van der Waals surface area contributed by atoms with Crippen molar-refractivity contribution >= 4 is 0 Å². The van der Waals surface area contributed by atoms with Crippen molar-refractivity contribution in [3.05, 3.63) is 24.3 Å². The molecule has 4 nitrogen and oxygen atoms in total. The molecule has 0 unspecified atom stereocenters. The van der Waals surface area contributed by atoms with Crippen LogP contribution in [0.1, 0.15) is 31.4 Å². The molecular weight excluding hydrogens is 190 g/mol. The number of hydrogen-bond acceptors (Lipinski definition) is 4. The van der Waals surface area contributed by atoms with Crippen LogP contribution < -0.4 is 5.32 Å². The van der Waals surface area contributed by atoms with E-state index in [0.717, 1.165) is 25.7 Å². The summed E-state index contributed by atoms with van der Waals surface area (Å²) < 4.78 is 0. The van der Waals surface area contributed by atoms with Crippen LogP contribution in [0.3, 0.4) is 0 Å². The second kappa shape index (κ2) is 4.24. The van der Waals surface area contributed by atoms with Crippen LogP contribution in [-0.4, -0.2) is 28.2 Å². The van der Waals surface area contributed by atoms with Crippen LogP contribution in [0.25, 0.3) is 0 Å². The molecule has 0 radical (unpaired) electrons. The third kappa shape index (κ3) is 2.16. The van der Waals surface area contributed by atoms with Crippen molar-refractivity contribution in [2.24, 2.45) is 0 Å². The lowest BCUT2D eigenvalue weighted by atomic mass is 9.80. The Morgan fingerprint density at radius 2 is 2.13 bits per heavy atom. The average molecular weight is 207 g/mol. The molecule has 1 heterocycles. The number of nitrogens with zero attached hydrogens (tertiary/aromatic N) is 2. The summed E-state index contributed by atoms with van der Waals surface area (Å²) >= 11 is 0. The summed E-state index contributed by atoms with van der Waals surface area (Å²) in [7, 11) is 1.97. The first-order chi connectivity index (χ1) is 7.24. The minimum absolute atomic E-state index is 0.530. The van der Waals surface area contributed by atoms with Gasteiger partial charge in [0.1, 0.15) is 5.60 Å². The fraction of sp³-hybridized carbons (Fsp3) is 0.636. The van der Waals surface area contributed by atoms with Crippen molar-refractivity contribution < 1.29 is 5.11 Å². The molecule has 1 aliphatic rings. The highest BCUT2D eigenvalue weighted by molar-refractivity contribution is 5.09. The predicted molar refractivity (Wildman–Crippen MR) is 57.2 cm³/mol. The van der Waals surface area contributed by atoms with Gasteiger partial charge in [-0.05, 0) is 32.7 Å². The fourth-order valence-corrected chi connectivity index (χ4v) is 2.18. The van der Waals surface area contributed by atoms with E-state index in [1.807, 2.05) is 7.05 Å². The summed E-state index contributed by atoms with van der Waals surface area (Å²) in [6, 6.07) is 0.530. The zero-order valence-corrected chi connectivity index (χ0v) is 8.98. The van der Waals surface area contributed by atoms with Gasteiger partial charge in [-0.15, -0.1) is 0 Å². The first kappa shape index (κ1) is 10.5. The molecule has 0 spiro atoms. The van der Waals surface area contributed by atoms with Gasteiger partial charge in [-0.1, -0.05) is 0 Å². The third-order valence-electron chi connectivity index (χ3n) is 3.26. The first-order valence-corrected chi connectivity index (χ1v) is 5.41. The SMILES string of the molecule is CNC1CCC(O)(c2cnccn2)CC1. The fourth-order valence-electron chi connectivity index (χ4n) is 2.18. The molecule has 1 aliphatic carbocycles. The summed E-state index contributed by atoms with van der Waals surface area (Å²) in [4.78, 5) is 8.20. The molecule has 4 heteroatoms. The lowest BCUT2D eigenvalue weighted by Gasteiger charge is -2.35. The lowest BCUT2D eigenvalue weighted by Crippen LogP contribution is -2.38. The molecule has 2 rings (SSSR count). The van der Waals surface area contributed by atoms with Gasteiger partial charge in [-0.25, -0.2) is 0 Å². The van der Waals surface area contributed by atoms with E-state index in [1.165, 1.54) is 0 Å². The van der Waals surface area contributed by atoms with Crippen molar-refractivity contribution in [2.45, 2.75) is 37.3 Å². The topological polar surface area (TPSA) is 58.0 Å². The lowest BCUT2D eigenvalue weighted by molar-refractivity contribution is -0.0118. The van der Waals surface area contributed by atoms with Gasteiger partial charge in [-0.3, -0.25) is 9.97 Å². The molecular formula is C11H17N3O. The van der Waals surface area contributed by atoms with E-state index in [-0.39, 0.29) is 0 Å². The van der Waals surface area contributed by atoms with E-state index >= 15 is 0 Å². The summed E-state index contributed by atoms with van der Waals surface area (Å²) in [5, 5.41) is 13.7. The Kier molecular flexibility index (Phi) is 2.98. The molecule has 15 heavy (non-hydrogen) atoms. The third-order valence-corrected chi connectivity index (χ3v) is 3.26. The van der Waals surface area contributed by atoms with Crippen LogP contribution in [-0.2, 0) is 5.60 Å². The Hall–Kier alpha value is -1.00. The summed E-state index contributed by atoms with van der Waals surface area (Å²) in [6.07, 6.45) is 8.44. The predicted octanol–water partition coefficient (Wildman–Crippen LogP) is 0.826. The van der Waals surface area contributed by atoms with Crippen LogP contribution in [0.5, 0.6) is 0 Å². The quantitative estimate of drug-likeness (QED) is 0.754. The van der Waals surface area contributed by atoms with Gasteiger partial charge in [0.05, 0.1) is 11.9 Å². The van der Waals surface area contributed by atoms with Crippen LogP contribution in [0.2, 0.25) is 0 Å². The number of rotatable bonds is 2. The summed E-state index contributed by atoms with van der Waals surface area (Å²) in [6.45, 7) is 0. The van der Waals surface area contributed by atoms with E-state index in [0.29, 0.717) is 11.7 Å². The summed E-state index contributed by atoms with van der Waals surface area (Å²) in [5.74, 6) is 0. The Morgan fingerprint density at radius 1 is 1.40 bits per heavy atom. The first-order valence-electron chi connectivity index (χ1n) is 5.41. The molecule has 82 valence electrons. The Bertz CT molecular complexity index is 307. The van der Waals surface area contributed by atoms with Crippen molar-refractivity contribution in [1.82, 2.24) is 15.3 Å². The van der Waals surface area contributed by atoms with Crippen LogP contribution in [0.15, 0.2) is 18.6 Å². The van der Waals surface area contributed by atoms with E-state index in [2.05, 4.69) is 15.3 Å².